The molecule has 1 aliphatic heterocycles. The van der Waals surface area contributed by atoms with Gasteiger partial charge in [-0.25, -0.2) is 9.59 Å². The minimum atomic E-state index is -0.742. The van der Waals surface area contributed by atoms with Crippen molar-refractivity contribution in [3.8, 4) is 0 Å². The molecule has 6 atom stereocenters. The quantitative estimate of drug-likeness (QED) is 0.313. The Morgan fingerprint density at radius 2 is 1.34 bits per heavy atom. The third-order valence-electron chi connectivity index (χ3n) is 7.36. The van der Waals surface area contributed by atoms with E-state index in [0.29, 0.717) is 23.4 Å². The molecule has 2 bridgehead atoms. The summed E-state index contributed by atoms with van der Waals surface area (Å²) in [7, 11) is 0. The molecule has 11 heteroatoms. The van der Waals surface area contributed by atoms with E-state index in [-0.39, 0.29) is 46.6 Å². The van der Waals surface area contributed by atoms with Crippen LogP contribution in [0.1, 0.15) is 34.1 Å². The monoisotopic (exact) mass is 558 g/mol. The molecule has 1 N–H and O–H groups in total. The van der Waals surface area contributed by atoms with Crippen LogP contribution in [0.3, 0.4) is 0 Å². The van der Waals surface area contributed by atoms with Gasteiger partial charge in [-0.1, -0.05) is 0 Å². The summed E-state index contributed by atoms with van der Waals surface area (Å²) in [5, 5.41) is 1.90. The summed E-state index contributed by atoms with van der Waals surface area (Å²) >= 11 is 12.8. The van der Waals surface area contributed by atoms with Gasteiger partial charge in [0.15, 0.2) is 6.61 Å². The van der Waals surface area contributed by atoms with Crippen LogP contribution >= 0.6 is 23.2 Å². The van der Waals surface area contributed by atoms with Gasteiger partial charge in [0.05, 0.1) is 46.0 Å². The van der Waals surface area contributed by atoms with Crippen LogP contribution in [0, 0.1) is 23.7 Å². The fourth-order valence-electron chi connectivity index (χ4n) is 5.67. The lowest BCUT2D eigenvalue weighted by Crippen LogP contribution is -2.37. The third kappa shape index (κ3) is 4.54. The first-order valence-corrected chi connectivity index (χ1v) is 13.1. The van der Waals surface area contributed by atoms with Crippen LogP contribution < -0.4 is 10.2 Å². The second-order valence-corrected chi connectivity index (χ2v) is 10.5. The van der Waals surface area contributed by atoms with Gasteiger partial charge in [-0.2, -0.15) is 0 Å². The SMILES string of the molecule is CCOC(=O)c1ccc(NC(=O)COC(=O)c2ccc(N3C(=O)[C@@H]4[C@H]5C[C@@H]([C@H](Cl)[C@H]5Cl)[C@H]4C3=O)cc2)cc1. The minimum Gasteiger partial charge on any atom is -0.462 e. The number of benzene rings is 2. The number of alkyl halides is 2. The van der Waals surface area contributed by atoms with E-state index < -0.39 is 36.3 Å². The predicted octanol–water partition coefficient (Wildman–Crippen LogP) is 3.63. The lowest BCUT2D eigenvalue weighted by molar-refractivity contribution is -0.123. The molecule has 0 spiro atoms. The Kier molecular flexibility index (Phi) is 7.15. The lowest BCUT2D eigenvalue weighted by atomic mass is 9.80. The number of esters is 2. The van der Waals surface area contributed by atoms with Crippen LogP contribution in [-0.4, -0.2) is 53.6 Å². The Balaban J connectivity index is 1.16. The van der Waals surface area contributed by atoms with Crippen molar-refractivity contribution in [1.29, 1.82) is 0 Å². The summed E-state index contributed by atoms with van der Waals surface area (Å²) in [5.41, 5.74) is 1.27. The van der Waals surface area contributed by atoms with Crippen molar-refractivity contribution < 1.29 is 33.4 Å². The second-order valence-electron chi connectivity index (χ2n) is 9.48. The first-order chi connectivity index (χ1) is 18.2. The highest BCUT2D eigenvalue weighted by Crippen LogP contribution is 2.59. The maximum atomic E-state index is 13.1. The summed E-state index contributed by atoms with van der Waals surface area (Å²) in [6, 6.07) is 11.9. The Morgan fingerprint density at radius 1 is 0.842 bits per heavy atom. The van der Waals surface area contributed by atoms with Crippen molar-refractivity contribution >= 4 is 64.2 Å². The zero-order valence-electron chi connectivity index (χ0n) is 20.3. The summed E-state index contributed by atoms with van der Waals surface area (Å²) in [4.78, 5) is 63.7. The number of rotatable bonds is 7. The van der Waals surface area contributed by atoms with Crippen molar-refractivity contribution in [3.05, 3.63) is 59.7 Å². The van der Waals surface area contributed by atoms with E-state index in [2.05, 4.69) is 5.32 Å². The van der Waals surface area contributed by atoms with E-state index in [9.17, 15) is 24.0 Å². The lowest BCUT2D eigenvalue weighted by Gasteiger charge is -2.28. The Hall–Kier alpha value is -3.43. The molecular formula is C27H24Cl2N2O7. The highest BCUT2D eigenvalue weighted by Gasteiger charge is 2.66. The number of anilines is 2. The number of nitrogens with zero attached hydrogens (tertiary/aromatic N) is 1. The molecule has 2 aromatic carbocycles. The number of carbonyl (C=O) groups is 5. The average molecular weight is 559 g/mol. The molecule has 38 heavy (non-hydrogen) atoms. The number of nitrogens with one attached hydrogen (secondary N) is 1. The summed E-state index contributed by atoms with van der Waals surface area (Å²) < 4.78 is 9.99. The first kappa shape index (κ1) is 26.2. The molecule has 0 radical (unpaired) electrons. The maximum Gasteiger partial charge on any atom is 0.338 e. The highest BCUT2D eigenvalue weighted by molar-refractivity contribution is 6.32. The molecule has 0 unspecified atom stereocenters. The number of halogens is 2. The van der Waals surface area contributed by atoms with E-state index in [0.717, 1.165) is 4.90 Å². The number of imide groups is 1. The van der Waals surface area contributed by atoms with Crippen molar-refractivity contribution in [2.45, 2.75) is 24.1 Å². The van der Waals surface area contributed by atoms with Crippen molar-refractivity contribution in [2.24, 2.45) is 23.7 Å². The molecule has 2 aliphatic carbocycles. The fraction of sp³-hybridized carbons (Fsp3) is 0.370. The summed E-state index contributed by atoms with van der Waals surface area (Å²) in [5.74, 6) is -3.52. The third-order valence-corrected chi connectivity index (χ3v) is 8.68. The van der Waals surface area contributed by atoms with E-state index >= 15 is 0 Å². The summed E-state index contributed by atoms with van der Waals surface area (Å²) in [6.07, 6.45) is 0.681. The van der Waals surface area contributed by atoms with Crippen molar-refractivity contribution in [1.82, 2.24) is 0 Å². The van der Waals surface area contributed by atoms with Gasteiger partial charge < -0.3 is 14.8 Å². The number of hydrogen-bond acceptors (Lipinski definition) is 7. The van der Waals surface area contributed by atoms with Gasteiger partial charge in [0.2, 0.25) is 11.8 Å². The topological polar surface area (TPSA) is 119 Å². The normalized spacial score (nSPS) is 27.3. The van der Waals surface area contributed by atoms with Gasteiger partial charge in [0.25, 0.3) is 5.91 Å². The highest BCUT2D eigenvalue weighted by atomic mass is 35.5. The number of carbonyl (C=O) groups excluding carboxylic acids is 5. The van der Waals surface area contributed by atoms with Gasteiger partial charge in [0, 0.05) is 5.69 Å². The molecule has 5 rings (SSSR count). The molecular weight excluding hydrogens is 535 g/mol. The second kappa shape index (κ2) is 10.4. The Bertz CT molecular complexity index is 1270. The number of amides is 3. The maximum absolute atomic E-state index is 13.1. The molecule has 3 fully saturated rings. The van der Waals surface area contributed by atoms with E-state index in [1.54, 1.807) is 6.92 Å². The smallest absolute Gasteiger partial charge is 0.338 e. The van der Waals surface area contributed by atoms with Crippen molar-refractivity contribution in [2.75, 3.05) is 23.4 Å². The van der Waals surface area contributed by atoms with Gasteiger partial charge >= 0.3 is 11.9 Å². The number of fused-ring (bicyclic) bond motifs is 5. The molecule has 3 aliphatic rings. The van der Waals surface area contributed by atoms with Crippen molar-refractivity contribution in [3.63, 3.8) is 0 Å². The van der Waals surface area contributed by atoms with E-state index in [1.807, 2.05) is 0 Å². The molecule has 1 heterocycles. The fourth-order valence-corrected chi connectivity index (χ4v) is 6.56. The largest absolute Gasteiger partial charge is 0.462 e. The zero-order chi connectivity index (χ0) is 27.1. The Morgan fingerprint density at radius 3 is 1.87 bits per heavy atom. The molecule has 2 aromatic rings. The minimum absolute atomic E-state index is 0.119. The van der Waals surface area contributed by atoms with Gasteiger partial charge in [-0.15, -0.1) is 23.2 Å². The molecule has 0 aromatic heterocycles. The van der Waals surface area contributed by atoms with E-state index in [1.165, 1.54) is 48.5 Å². The van der Waals surface area contributed by atoms with Crippen LogP contribution in [0.4, 0.5) is 11.4 Å². The molecule has 1 saturated heterocycles. The van der Waals surface area contributed by atoms with Crippen LogP contribution in [0.5, 0.6) is 0 Å². The predicted molar refractivity (Wildman–Crippen MR) is 138 cm³/mol. The van der Waals surface area contributed by atoms with Gasteiger partial charge in [0.1, 0.15) is 0 Å². The standard InChI is InChI=1S/C27H24Cl2N2O7/c1-2-37-26(35)13-3-7-15(8-4-13)30-19(32)12-38-27(36)14-5-9-16(10-6-14)31-24(33)20-17-11-18(21(20)25(31)34)23(29)22(17)28/h3-10,17-18,20-23H,2,11-12H2,1H3,(H,30,32)/t17-,18-,20-,21-,22+,23+/m1/s1. The summed E-state index contributed by atoms with van der Waals surface area (Å²) in [6.45, 7) is 1.43. The molecule has 9 nitrogen and oxygen atoms in total. The zero-order valence-corrected chi connectivity index (χ0v) is 21.8. The molecule has 3 amide bonds. The Labute approximate surface area is 228 Å². The molecule has 198 valence electrons. The van der Waals surface area contributed by atoms with Gasteiger partial charge in [-0.05, 0) is 73.7 Å². The number of ether oxygens (including phenoxy) is 2. The van der Waals surface area contributed by atoms with Crippen LogP contribution in [-0.2, 0) is 23.9 Å². The van der Waals surface area contributed by atoms with Crippen LogP contribution in [0.25, 0.3) is 0 Å². The number of hydrogen-bond donors (Lipinski definition) is 1. The van der Waals surface area contributed by atoms with Crippen LogP contribution in [0.15, 0.2) is 48.5 Å². The molecule has 2 saturated carbocycles. The first-order valence-electron chi connectivity index (χ1n) is 12.2. The van der Waals surface area contributed by atoms with Gasteiger partial charge in [-0.3, -0.25) is 19.3 Å². The van der Waals surface area contributed by atoms with Crippen LogP contribution in [0.2, 0.25) is 0 Å². The average Bonchev–Trinajstić information content (AvgIpc) is 3.52. The van der Waals surface area contributed by atoms with E-state index in [4.69, 9.17) is 32.7 Å².